The maximum absolute atomic E-state index is 10.6. The Kier molecular flexibility index (Phi) is 5.16. The van der Waals surface area contributed by atoms with E-state index in [0.717, 1.165) is 29.7 Å². The summed E-state index contributed by atoms with van der Waals surface area (Å²) < 4.78 is 5.87. The first-order valence-corrected chi connectivity index (χ1v) is 8.21. The second-order valence-corrected chi connectivity index (χ2v) is 5.85. The number of ether oxygens (including phenoxy) is 1. The van der Waals surface area contributed by atoms with E-state index < -0.39 is 5.97 Å². The molecule has 0 unspecified atom stereocenters. The number of aliphatic carboxylic acids is 1. The van der Waals surface area contributed by atoms with Crippen molar-refractivity contribution in [2.75, 3.05) is 6.61 Å². The molecule has 3 aromatic rings. The number of benzene rings is 2. The highest BCUT2D eigenvalue weighted by Crippen LogP contribution is 2.19. The molecule has 3 rings (SSSR count). The highest BCUT2D eigenvalue weighted by molar-refractivity contribution is 5.83. The summed E-state index contributed by atoms with van der Waals surface area (Å²) in [5.74, 6) is 0.0869. The minimum atomic E-state index is -0.749. The Labute approximate surface area is 141 Å². The summed E-state index contributed by atoms with van der Waals surface area (Å²) in [7, 11) is 0. The fraction of sp³-hybridized carbons (Fsp3) is 0.250. The number of nitrogens with one attached hydrogen (secondary N) is 1. The average molecular weight is 323 g/mol. The van der Waals surface area contributed by atoms with Crippen LogP contribution in [0.2, 0.25) is 0 Å². The highest BCUT2D eigenvalue weighted by atomic mass is 16.5. The molecule has 124 valence electrons. The van der Waals surface area contributed by atoms with Crippen molar-refractivity contribution in [2.24, 2.45) is 0 Å². The lowest BCUT2D eigenvalue weighted by Crippen LogP contribution is -2.01. The van der Waals surface area contributed by atoms with Gasteiger partial charge in [0, 0.05) is 29.9 Å². The Balaban J connectivity index is 1.54. The number of aromatic nitrogens is 1. The van der Waals surface area contributed by atoms with Crippen LogP contribution in [0.4, 0.5) is 0 Å². The third kappa shape index (κ3) is 4.16. The first kappa shape index (κ1) is 16.1. The summed E-state index contributed by atoms with van der Waals surface area (Å²) >= 11 is 0. The molecule has 0 aliphatic heterocycles. The number of H-pyrrole nitrogens is 1. The zero-order chi connectivity index (χ0) is 16.8. The Morgan fingerprint density at radius 2 is 1.96 bits per heavy atom. The SMILES string of the molecule is O=C(O)CCCc1cccc(OCCc2c[nH]c3ccccc23)c1. The maximum Gasteiger partial charge on any atom is 0.303 e. The number of carboxylic acids is 1. The molecule has 0 spiro atoms. The molecule has 1 aromatic heterocycles. The standard InChI is InChI=1S/C20H21NO3/c22-20(23)10-4-6-15-5-3-7-17(13-15)24-12-11-16-14-21-19-9-2-1-8-18(16)19/h1-3,5,7-9,13-14,21H,4,6,10-12H2,(H,22,23). The molecule has 4 nitrogen and oxygen atoms in total. The van der Waals surface area contributed by atoms with E-state index in [2.05, 4.69) is 17.1 Å². The number of para-hydroxylation sites is 1. The molecular weight excluding hydrogens is 302 g/mol. The van der Waals surface area contributed by atoms with Crippen molar-refractivity contribution < 1.29 is 14.6 Å². The number of hydrogen-bond acceptors (Lipinski definition) is 2. The molecule has 0 saturated carbocycles. The smallest absolute Gasteiger partial charge is 0.303 e. The van der Waals surface area contributed by atoms with Crippen molar-refractivity contribution in [3.63, 3.8) is 0 Å². The highest BCUT2D eigenvalue weighted by Gasteiger charge is 2.04. The molecule has 0 amide bonds. The van der Waals surface area contributed by atoms with Crippen molar-refractivity contribution in [1.82, 2.24) is 4.98 Å². The van der Waals surface area contributed by atoms with Gasteiger partial charge in [-0.25, -0.2) is 0 Å². The Morgan fingerprint density at radius 3 is 2.83 bits per heavy atom. The van der Waals surface area contributed by atoms with Crippen LogP contribution in [0, 0.1) is 0 Å². The zero-order valence-electron chi connectivity index (χ0n) is 13.5. The normalized spacial score (nSPS) is 10.8. The summed E-state index contributed by atoms with van der Waals surface area (Å²) in [6, 6.07) is 16.2. The lowest BCUT2D eigenvalue weighted by Gasteiger charge is -2.08. The minimum Gasteiger partial charge on any atom is -0.493 e. The molecule has 0 radical (unpaired) electrons. The molecule has 0 fully saturated rings. The van der Waals surface area contributed by atoms with Crippen molar-refractivity contribution in [3.8, 4) is 5.75 Å². The van der Waals surface area contributed by atoms with Crippen molar-refractivity contribution in [3.05, 3.63) is 65.9 Å². The van der Waals surface area contributed by atoms with Gasteiger partial charge in [0.2, 0.25) is 0 Å². The lowest BCUT2D eigenvalue weighted by molar-refractivity contribution is -0.137. The predicted octanol–water partition coefficient (Wildman–Crippen LogP) is 4.20. The van der Waals surface area contributed by atoms with Crippen LogP contribution >= 0.6 is 0 Å². The van der Waals surface area contributed by atoms with Gasteiger partial charge in [0.15, 0.2) is 0 Å². The molecule has 1 heterocycles. The Morgan fingerprint density at radius 1 is 1.08 bits per heavy atom. The maximum atomic E-state index is 10.6. The predicted molar refractivity (Wildman–Crippen MR) is 94.5 cm³/mol. The number of carboxylic acid groups (broad SMARTS) is 1. The van der Waals surface area contributed by atoms with Gasteiger partial charge in [-0.15, -0.1) is 0 Å². The van der Waals surface area contributed by atoms with Gasteiger partial charge in [0.1, 0.15) is 5.75 Å². The summed E-state index contributed by atoms with van der Waals surface area (Å²) in [6.45, 7) is 0.612. The van der Waals surface area contributed by atoms with Gasteiger partial charge >= 0.3 is 5.97 Å². The first-order chi connectivity index (χ1) is 11.7. The van der Waals surface area contributed by atoms with E-state index in [0.29, 0.717) is 13.0 Å². The summed E-state index contributed by atoms with van der Waals surface area (Å²) in [6.07, 6.45) is 4.48. The van der Waals surface area contributed by atoms with Gasteiger partial charge in [-0.05, 0) is 42.2 Å². The number of hydrogen-bond donors (Lipinski definition) is 2. The van der Waals surface area contributed by atoms with Gasteiger partial charge in [0.25, 0.3) is 0 Å². The molecule has 0 aliphatic rings. The minimum absolute atomic E-state index is 0.200. The molecule has 2 aromatic carbocycles. The number of rotatable bonds is 8. The zero-order valence-corrected chi connectivity index (χ0v) is 13.5. The quantitative estimate of drug-likeness (QED) is 0.653. The van der Waals surface area contributed by atoms with E-state index in [-0.39, 0.29) is 6.42 Å². The van der Waals surface area contributed by atoms with Crippen molar-refractivity contribution >= 4 is 16.9 Å². The first-order valence-electron chi connectivity index (χ1n) is 8.21. The van der Waals surface area contributed by atoms with Crippen LogP contribution < -0.4 is 4.74 Å². The van der Waals surface area contributed by atoms with E-state index in [1.807, 2.05) is 42.6 Å². The van der Waals surface area contributed by atoms with Crippen LogP contribution in [0.25, 0.3) is 10.9 Å². The fourth-order valence-corrected chi connectivity index (χ4v) is 2.85. The van der Waals surface area contributed by atoms with Crippen LogP contribution in [0.15, 0.2) is 54.7 Å². The van der Waals surface area contributed by atoms with Gasteiger partial charge in [-0.3, -0.25) is 4.79 Å². The molecule has 0 aliphatic carbocycles. The molecule has 2 N–H and O–H groups in total. The molecule has 0 bridgehead atoms. The fourth-order valence-electron chi connectivity index (χ4n) is 2.85. The summed E-state index contributed by atoms with van der Waals surface area (Å²) in [5.41, 5.74) is 3.51. The third-order valence-electron chi connectivity index (χ3n) is 4.07. The van der Waals surface area contributed by atoms with Crippen LogP contribution in [0.3, 0.4) is 0 Å². The van der Waals surface area contributed by atoms with E-state index in [4.69, 9.17) is 9.84 Å². The van der Waals surface area contributed by atoms with Gasteiger partial charge in [-0.1, -0.05) is 30.3 Å². The third-order valence-corrected chi connectivity index (χ3v) is 4.07. The summed E-state index contributed by atoms with van der Waals surface area (Å²) in [5, 5.41) is 9.94. The second-order valence-electron chi connectivity index (χ2n) is 5.85. The molecular formula is C20H21NO3. The molecule has 24 heavy (non-hydrogen) atoms. The second kappa shape index (κ2) is 7.68. The van der Waals surface area contributed by atoms with Crippen molar-refractivity contribution in [2.45, 2.75) is 25.7 Å². The average Bonchev–Trinajstić information content (AvgIpc) is 2.98. The van der Waals surface area contributed by atoms with Crippen LogP contribution in [0.1, 0.15) is 24.0 Å². The monoisotopic (exact) mass is 323 g/mol. The lowest BCUT2D eigenvalue weighted by atomic mass is 10.1. The van der Waals surface area contributed by atoms with Gasteiger partial charge in [0.05, 0.1) is 6.61 Å². The van der Waals surface area contributed by atoms with Crippen LogP contribution in [-0.4, -0.2) is 22.7 Å². The van der Waals surface area contributed by atoms with Crippen molar-refractivity contribution in [1.29, 1.82) is 0 Å². The molecule has 0 atom stereocenters. The number of aryl methyl sites for hydroxylation is 1. The topological polar surface area (TPSA) is 62.3 Å². The van der Waals surface area contributed by atoms with Gasteiger partial charge in [-0.2, -0.15) is 0 Å². The Bertz CT molecular complexity index is 822. The van der Waals surface area contributed by atoms with E-state index >= 15 is 0 Å². The molecule has 4 heteroatoms. The number of fused-ring (bicyclic) bond motifs is 1. The van der Waals surface area contributed by atoms with E-state index in [1.54, 1.807) is 0 Å². The van der Waals surface area contributed by atoms with Crippen LogP contribution in [-0.2, 0) is 17.6 Å². The molecule has 0 saturated heterocycles. The van der Waals surface area contributed by atoms with E-state index in [9.17, 15) is 4.79 Å². The summed E-state index contributed by atoms with van der Waals surface area (Å²) in [4.78, 5) is 13.9. The van der Waals surface area contributed by atoms with Gasteiger partial charge < -0.3 is 14.8 Å². The Hall–Kier alpha value is -2.75. The number of aromatic amines is 1. The largest absolute Gasteiger partial charge is 0.493 e. The number of carbonyl (C=O) groups is 1. The van der Waals surface area contributed by atoms with E-state index in [1.165, 1.54) is 10.9 Å². The van der Waals surface area contributed by atoms with Crippen LogP contribution in [0.5, 0.6) is 5.75 Å².